The molecule has 0 atom stereocenters. The molecule has 126 valence electrons. The summed E-state index contributed by atoms with van der Waals surface area (Å²) < 4.78 is 0. The van der Waals surface area contributed by atoms with E-state index in [0.717, 1.165) is 42.9 Å². The highest BCUT2D eigenvalue weighted by Gasteiger charge is 2.19. The minimum Gasteiger partial charge on any atom is -0.368 e. The van der Waals surface area contributed by atoms with E-state index in [0.29, 0.717) is 0 Å². The Morgan fingerprint density at radius 1 is 1.08 bits per heavy atom. The summed E-state index contributed by atoms with van der Waals surface area (Å²) in [6, 6.07) is 16.6. The van der Waals surface area contributed by atoms with Crippen molar-refractivity contribution in [3.63, 3.8) is 0 Å². The normalized spacial score (nSPS) is 14.6. The molecule has 0 bridgehead atoms. The molecule has 1 heterocycles. The second kappa shape index (κ2) is 7.86. The van der Waals surface area contributed by atoms with Crippen molar-refractivity contribution in [2.45, 2.75) is 13.5 Å². The SMILES string of the molecule is Cc1ccc(CNC(=S)N2CCN(c3cccc(Cl)c3)CC2)cc1. The molecule has 3 rings (SSSR count). The summed E-state index contributed by atoms with van der Waals surface area (Å²) in [5.74, 6) is 0. The summed E-state index contributed by atoms with van der Waals surface area (Å²) in [5, 5.41) is 4.99. The first kappa shape index (κ1) is 17.1. The Kier molecular flexibility index (Phi) is 5.59. The summed E-state index contributed by atoms with van der Waals surface area (Å²) in [6.07, 6.45) is 0. The maximum atomic E-state index is 6.08. The van der Waals surface area contributed by atoms with Gasteiger partial charge in [0.25, 0.3) is 0 Å². The first-order valence-corrected chi connectivity index (χ1v) is 8.99. The van der Waals surface area contributed by atoms with E-state index in [9.17, 15) is 0 Å². The van der Waals surface area contributed by atoms with Gasteiger partial charge in [0.15, 0.2) is 5.11 Å². The molecular formula is C19H22ClN3S. The van der Waals surface area contributed by atoms with Crippen molar-refractivity contribution in [2.75, 3.05) is 31.1 Å². The number of nitrogens with zero attached hydrogens (tertiary/aromatic N) is 2. The Bertz CT molecular complexity index is 694. The van der Waals surface area contributed by atoms with Crippen LogP contribution in [0.15, 0.2) is 48.5 Å². The molecule has 2 aromatic rings. The quantitative estimate of drug-likeness (QED) is 0.839. The Hall–Kier alpha value is -1.78. The van der Waals surface area contributed by atoms with Crippen LogP contribution in [-0.2, 0) is 6.54 Å². The van der Waals surface area contributed by atoms with E-state index in [2.05, 4.69) is 52.4 Å². The lowest BCUT2D eigenvalue weighted by molar-refractivity contribution is 0.380. The maximum absolute atomic E-state index is 6.08. The van der Waals surface area contributed by atoms with Gasteiger partial charge in [0.05, 0.1) is 0 Å². The van der Waals surface area contributed by atoms with E-state index in [1.165, 1.54) is 16.8 Å². The van der Waals surface area contributed by atoms with Crippen LogP contribution >= 0.6 is 23.8 Å². The molecule has 5 heteroatoms. The van der Waals surface area contributed by atoms with Crippen molar-refractivity contribution in [3.05, 3.63) is 64.7 Å². The summed E-state index contributed by atoms with van der Waals surface area (Å²) >= 11 is 11.6. The first-order chi connectivity index (χ1) is 11.6. The summed E-state index contributed by atoms with van der Waals surface area (Å²) in [7, 11) is 0. The van der Waals surface area contributed by atoms with E-state index in [4.69, 9.17) is 23.8 Å². The van der Waals surface area contributed by atoms with Gasteiger partial charge in [-0.3, -0.25) is 0 Å². The number of hydrogen-bond acceptors (Lipinski definition) is 2. The van der Waals surface area contributed by atoms with Crippen molar-refractivity contribution >= 4 is 34.6 Å². The zero-order valence-corrected chi connectivity index (χ0v) is 15.4. The topological polar surface area (TPSA) is 18.5 Å². The average molecular weight is 360 g/mol. The van der Waals surface area contributed by atoms with Crippen molar-refractivity contribution in [1.29, 1.82) is 0 Å². The lowest BCUT2D eigenvalue weighted by Gasteiger charge is -2.37. The zero-order valence-electron chi connectivity index (χ0n) is 13.8. The van der Waals surface area contributed by atoms with Crippen molar-refractivity contribution in [1.82, 2.24) is 10.2 Å². The molecule has 1 aliphatic rings. The fraction of sp³-hybridized carbons (Fsp3) is 0.316. The predicted molar refractivity (Wildman–Crippen MR) is 106 cm³/mol. The summed E-state index contributed by atoms with van der Waals surface area (Å²) in [5.41, 5.74) is 3.71. The molecule has 0 aromatic heterocycles. The second-order valence-corrected chi connectivity index (χ2v) is 6.92. The molecule has 1 fully saturated rings. The predicted octanol–water partition coefficient (Wildman–Crippen LogP) is 3.85. The molecule has 24 heavy (non-hydrogen) atoms. The minimum atomic E-state index is 0.771. The molecule has 3 nitrogen and oxygen atoms in total. The molecule has 1 aliphatic heterocycles. The maximum Gasteiger partial charge on any atom is 0.169 e. The number of nitrogens with one attached hydrogen (secondary N) is 1. The fourth-order valence-corrected chi connectivity index (χ4v) is 3.28. The number of anilines is 1. The molecule has 0 saturated carbocycles. The average Bonchev–Trinajstić information content (AvgIpc) is 2.61. The van der Waals surface area contributed by atoms with Crippen LogP contribution < -0.4 is 10.2 Å². The van der Waals surface area contributed by atoms with Crippen LogP contribution in [0.5, 0.6) is 0 Å². The summed E-state index contributed by atoms with van der Waals surface area (Å²) in [4.78, 5) is 4.59. The highest BCUT2D eigenvalue weighted by atomic mass is 35.5. The number of halogens is 1. The standard InChI is InChI=1S/C19H22ClN3S/c1-15-5-7-16(8-6-15)14-21-19(24)23-11-9-22(10-12-23)18-4-2-3-17(20)13-18/h2-8,13H,9-12,14H2,1H3,(H,21,24). The highest BCUT2D eigenvalue weighted by Crippen LogP contribution is 2.20. The van der Waals surface area contributed by atoms with Crippen LogP contribution in [0.4, 0.5) is 5.69 Å². The Balaban J connectivity index is 1.49. The second-order valence-electron chi connectivity index (χ2n) is 6.10. The zero-order chi connectivity index (χ0) is 16.9. The van der Waals surface area contributed by atoms with Gasteiger partial charge in [-0.1, -0.05) is 47.5 Å². The van der Waals surface area contributed by atoms with E-state index in [1.807, 2.05) is 18.2 Å². The number of benzene rings is 2. The van der Waals surface area contributed by atoms with E-state index in [-0.39, 0.29) is 0 Å². The van der Waals surface area contributed by atoms with Crippen LogP contribution in [0.2, 0.25) is 5.02 Å². The van der Waals surface area contributed by atoms with E-state index >= 15 is 0 Å². The third-order valence-corrected chi connectivity index (χ3v) is 4.94. The Morgan fingerprint density at radius 2 is 1.79 bits per heavy atom. The van der Waals surface area contributed by atoms with Crippen LogP contribution in [0.3, 0.4) is 0 Å². The van der Waals surface area contributed by atoms with Crippen LogP contribution in [0.25, 0.3) is 0 Å². The van der Waals surface area contributed by atoms with Gasteiger partial charge in [0, 0.05) is 43.4 Å². The molecule has 0 spiro atoms. The van der Waals surface area contributed by atoms with Gasteiger partial charge in [0.2, 0.25) is 0 Å². The molecule has 0 amide bonds. The van der Waals surface area contributed by atoms with Crippen LogP contribution in [-0.4, -0.2) is 36.2 Å². The van der Waals surface area contributed by atoms with Gasteiger partial charge in [-0.15, -0.1) is 0 Å². The number of aryl methyl sites for hydroxylation is 1. The minimum absolute atomic E-state index is 0.771. The number of hydrogen-bond donors (Lipinski definition) is 1. The monoisotopic (exact) mass is 359 g/mol. The molecule has 2 aromatic carbocycles. The van der Waals surface area contributed by atoms with Crippen molar-refractivity contribution < 1.29 is 0 Å². The van der Waals surface area contributed by atoms with Gasteiger partial charge in [0.1, 0.15) is 0 Å². The number of thiocarbonyl (C=S) groups is 1. The van der Waals surface area contributed by atoms with Crippen molar-refractivity contribution in [3.8, 4) is 0 Å². The van der Waals surface area contributed by atoms with Gasteiger partial charge < -0.3 is 15.1 Å². The molecular weight excluding hydrogens is 338 g/mol. The third-order valence-electron chi connectivity index (χ3n) is 4.30. The molecule has 1 N–H and O–H groups in total. The third kappa shape index (κ3) is 4.40. The van der Waals surface area contributed by atoms with E-state index < -0.39 is 0 Å². The Morgan fingerprint density at radius 3 is 2.46 bits per heavy atom. The van der Waals surface area contributed by atoms with Gasteiger partial charge in [-0.05, 0) is 42.9 Å². The molecule has 0 radical (unpaired) electrons. The van der Waals surface area contributed by atoms with E-state index in [1.54, 1.807) is 0 Å². The smallest absolute Gasteiger partial charge is 0.169 e. The summed E-state index contributed by atoms with van der Waals surface area (Å²) in [6.45, 7) is 6.62. The lowest BCUT2D eigenvalue weighted by Crippen LogP contribution is -2.51. The molecule has 1 saturated heterocycles. The lowest BCUT2D eigenvalue weighted by atomic mass is 10.1. The van der Waals surface area contributed by atoms with Crippen LogP contribution in [0, 0.1) is 6.92 Å². The van der Waals surface area contributed by atoms with Crippen molar-refractivity contribution in [2.24, 2.45) is 0 Å². The number of piperazine rings is 1. The highest BCUT2D eigenvalue weighted by molar-refractivity contribution is 7.80. The van der Waals surface area contributed by atoms with Gasteiger partial charge >= 0.3 is 0 Å². The van der Waals surface area contributed by atoms with Gasteiger partial charge in [-0.2, -0.15) is 0 Å². The Labute approximate surface area is 154 Å². The van der Waals surface area contributed by atoms with Gasteiger partial charge in [-0.25, -0.2) is 0 Å². The molecule has 0 unspecified atom stereocenters. The molecule has 0 aliphatic carbocycles. The first-order valence-electron chi connectivity index (χ1n) is 8.21. The van der Waals surface area contributed by atoms with Crippen LogP contribution in [0.1, 0.15) is 11.1 Å². The largest absolute Gasteiger partial charge is 0.368 e. The number of rotatable bonds is 3. The fourth-order valence-electron chi connectivity index (χ4n) is 2.84.